The number of nitrogens with one attached hydrogen (secondary N) is 1. The van der Waals surface area contributed by atoms with Crippen LogP contribution in [0.15, 0.2) is 77.1 Å². The van der Waals surface area contributed by atoms with Crippen LogP contribution in [0.1, 0.15) is 43.2 Å². The van der Waals surface area contributed by atoms with Crippen molar-refractivity contribution in [2.75, 3.05) is 6.61 Å². The average molecular weight is 422 g/mol. The number of ether oxygens (including phenoxy) is 1. The van der Waals surface area contributed by atoms with E-state index >= 15 is 0 Å². The van der Waals surface area contributed by atoms with Crippen molar-refractivity contribution in [3.05, 3.63) is 93.3 Å². The van der Waals surface area contributed by atoms with Crippen molar-refractivity contribution < 1.29 is 14.3 Å². The standard InChI is InChI=1S/C25H24ClNO3/c1-16-22(25(29)30-15-14-17-8-3-2-4-9-17)23(18-10-5-6-11-19(18)26)24-20(27-16)12-7-13-21(24)28/h2-6,8-11,23,27H,7,12-15H2,1H3. The van der Waals surface area contributed by atoms with Crippen molar-refractivity contribution in [1.82, 2.24) is 5.32 Å². The monoisotopic (exact) mass is 421 g/mol. The molecule has 2 aromatic carbocycles. The van der Waals surface area contributed by atoms with E-state index in [1.54, 1.807) is 6.07 Å². The first kappa shape index (κ1) is 20.4. The molecule has 0 amide bonds. The molecule has 0 aromatic heterocycles. The van der Waals surface area contributed by atoms with E-state index in [0.29, 0.717) is 29.0 Å². The fraction of sp³-hybridized carbons (Fsp3) is 0.280. The van der Waals surface area contributed by atoms with Gasteiger partial charge in [-0.3, -0.25) is 4.79 Å². The van der Waals surface area contributed by atoms with Gasteiger partial charge < -0.3 is 10.1 Å². The number of ketones is 1. The molecule has 4 rings (SSSR count). The van der Waals surface area contributed by atoms with Gasteiger partial charge in [0, 0.05) is 40.7 Å². The van der Waals surface area contributed by atoms with Crippen LogP contribution in [0.4, 0.5) is 0 Å². The van der Waals surface area contributed by atoms with Gasteiger partial charge >= 0.3 is 5.97 Å². The molecule has 154 valence electrons. The molecular formula is C25H24ClNO3. The third kappa shape index (κ3) is 4.05. The van der Waals surface area contributed by atoms with Crippen molar-refractivity contribution in [2.45, 2.75) is 38.5 Å². The molecule has 2 aromatic rings. The molecule has 4 nitrogen and oxygen atoms in total. The number of rotatable bonds is 5. The summed E-state index contributed by atoms with van der Waals surface area (Å²) in [5, 5.41) is 3.84. The third-order valence-corrected chi connectivity index (χ3v) is 6.02. The number of allylic oxidation sites excluding steroid dienone is 3. The van der Waals surface area contributed by atoms with Gasteiger partial charge in [0.05, 0.1) is 12.2 Å². The number of halogens is 1. The lowest BCUT2D eigenvalue weighted by atomic mass is 9.75. The molecular weight excluding hydrogens is 398 g/mol. The molecule has 0 saturated carbocycles. The van der Waals surface area contributed by atoms with Crippen LogP contribution in [0.2, 0.25) is 5.02 Å². The normalized spacial score (nSPS) is 18.7. The lowest BCUT2D eigenvalue weighted by Crippen LogP contribution is -2.34. The van der Waals surface area contributed by atoms with Crippen molar-refractivity contribution in [3.8, 4) is 0 Å². The molecule has 0 bridgehead atoms. The Balaban J connectivity index is 1.65. The highest BCUT2D eigenvalue weighted by Crippen LogP contribution is 2.44. The van der Waals surface area contributed by atoms with Gasteiger partial charge in [-0.15, -0.1) is 0 Å². The van der Waals surface area contributed by atoms with Crippen LogP contribution in [0.5, 0.6) is 0 Å². The SMILES string of the molecule is CC1=C(C(=O)OCCc2ccccc2)C(c2ccccc2Cl)C2=C(CCCC2=O)N1. The predicted molar refractivity (Wildman–Crippen MR) is 117 cm³/mol. The zero-order valence-corrected chi connectivity index (χ0v) is 17.7. The molecule has 0 fully saturated rings. The molecule has 2 aliphatic rings. The summed E-state index contributed by atoms with van der Waals surface area (Å²) in [7, 11) is 0. The molecule has 1 atom stereocenters. The minimum atomic E-state index is -0.507. The van der Waals surface area contributed by atoms with E-state index in [2.05, 4.69) is 5.32 Å². The van der Waals surface area contributed by atoms with E-state index in [1.807, 2.05) is 55.5 Å². The van der Waals surface area contributed by atoms with Gasteiger partial charge in [0.15, 0.2) is 5.78 Å². The maximum Gasteiger partial charge on any atom is 0.336 e. The summed E-state index contributed by atoms with van der Waals surface area (Å²) in [4.78, 5) is 26.1. The van der Waals surface area contributed by atoms with Crippen molar-refractivity contribution >= 4 is 23.4 Å². The number of carbonyl (C=O) groups excluding carboxylic acids is 2. The van der Waals surface area contributed by atoms with Crippen LogP contribution in [-0.4, -0.2) is 18.4 Å². The van der Waals surface area contributed by atoms with Crippen LogP contribution >= 0.6 is 11.6 Å². The topological polar surface area (TPSA) is 55.4 Å². The van der Waals surface area contributed by atoms with E-state index in [4.69, 9.17) is 16.3 Å². The zero-order valence-electron chi connectivity index (χ0n) is 16.9. The molecule has 0 saturated heterocycles. The highest BCUT2D eigenvalue weighted by Gasteiger charge is 2.39. The fourth-order valence-corrected chi connectivity index (χ4v) is 4.50. The molecule has 30 heavy (non-hydrogen) atoms. The number of Topliss-reactive ketones (excluding diaryl/α,β-unsaturated/α-hetero) is 1. The lowest BCUT2D eigenvalue weighted by Gasteiger charge is -2.34. The molecule has 1 heterocycles. The highest BCUT2D eigenvalue weighted by atomic mass is 35.5. The Morgan fingerprint density at radius 2 is 1.83 bits per heavy atom. The Kier molecular flexibility index (Phi) is 6.05. The summed E-state index contributed by atoms with van der Waals surface area (Å²) in [6.45, 7) is 2.13. The summed E-state index contributed by atoms with van der Waals surface area (Å²) in [6.07, 6.45) is 2.71. The first-order valence-corrected chi connectivity index (χ1v) is 10.6. The van der Waals surface area contributed by atoms with Gasteiger partial charge in [0.2, 0.25) is 0 Å². The molecule has 1 aliphatic heterocycles. The van der Waals surface area contributed by atoms with Gasteiger partial charge in [-0.05, 0) is 37.0 Å². The summed E-state index contributed by atoms with van der Waals surface area (Å²) in [5.41, 5.74) is 4.60. The molecule has 0 radical (unpaired) electrons. The summed E-state index contributed by atoms with van der Waals surface area (Å²) < 4.78 is 5.65. The number of hydrogen-bond acceptors (Lipinski definition) is 4. The first-order chi connectivity index (χ1) is 14.6. The Morgan fingerprint density at radius 3 is 2.60 bits per heavy atom. The molecule has 1 unspecified atom stereocenters. The number of dihydropyridines is 1. The highest BCUT2D eigenvalue weighted by molar-refractivity contribution is 6.31. The van der Waals surface area contributed by atoms with E-state index < -0.39 is 11.9 Å². The van der Waals surface area contributed by atoms with Crippen LogP contribution in [-0.2, 0) is 20.7 Å². The zero-order chi connectivity index (χ0) is 21.1. The van der Waals surface area contributed by atoms with E-state index in [9.17, 15) is 9.59 Å². The second-order valence-electron chi connectivity index (χ2n) is 7.66. The summed E-state index contributed by atoms with van der Waals surface area (Å²) in [6, 6.07) is 17.3. The Morgan fingerprint density at radius 1 is 1.10 bits per heavy atom. The van der Waals surface area contributed by atoms with Crippen molar-refractivity contribution in [2.24, 2.45) is 0 Å². The first-order valence-electron chi connectivity index (χ1n) is 10.3. The van der Waals surface area contributed by atoms with Gasteiger partial charge in [0.25, 0.3) is 0 Å². The number of esters is 1. The quantitative estimate of drug-likeness (QED) is 0.683. The Labute approximate surface area is 181 Å². The third-order valence-electron chi connectivity index (χ3n) is 5.68. The summed E-state index contributed by atoms with van der Waals surface area (Å²) >= 11 is 6.51. The molecule has 1 N–H and O–H groups in total. The van der Waals surface area contributed by atoms with Crippen LogP contribution in [0, 0.1) is 0 Å². The lowest BCUT2D eigenvalue weighted by molar-refractivity contribution is -0.139. The van der Waals surface area contributed by atoms with E-state index in [-0.39, 0.29) is 12.4 Å². The summed E-state index contributed by atoms with van der Waals surface area (Å²) in [5.74, 6) is -0.853. The minimum Gasteiger partial charge on any atom is -0.462 e. The van der Waals surface area contributed by atoms with Crippen LogP contribution in [0.3, 0.4) is 0 Å². The predicted octanol–water partition coefficient (Wildman–Crippen LogP) is 5.09. The smallest absolute Gasteiger partial charge is 0.336 e. The van der Waals surface area contributed by atoms with Gasteiger partial charge in [-0.2, -0.15) is 0 Å². The van der Waals surface area contributed by atoms with Gasteiger partial charge in [-0.25, -0.2) is 4.79 Å². The van der Waals surface area contributed by atoms with Crippen molar-refractivity contribution in [3.63, 3.8) is 0 Å². The second kappa shape index (κ2) is 8.88. The molecule has 5 heteroatoms. The van der Waals surface area contributed by atoms with Gasteiger partial charge in [-0.1, -0.05) is 60.1 Å². The Bertz CT molecular complexity index is 1040. The maximum absolute atomic E-state index is 13.2. The molecule has 0 spiro atoms. The minimum absolute atomic E-state index is 0.0655. The van der Waals surface area contributed by atoms with Crippen LogP contribution < -0.4 is 5.32 Å². The average Bonchev–Trinajstić information content (AvgIpc) is 2.74. The van der Waals surface area contributed by atoms with Crippen molar-refractivity contribution in [1.29, 1.82) is 0 Å². The molecule has 1 aliphatic carbocycles. The van der Waals surface area contributed by atoms with Crippen LogP contribution in [0.25, 0.3) is 0 Å². The number of benzene rings is 2. The largest absolute Gasteiger partial charge is 0.462 e. The fourth-order valence-electron chi connectivity index (χ4n) is 4.26. The Hall–Kier alpha value is -2.85. The maximum atomic E-state index is 13.2. The number of carbonyl (C=O) groups is 2. The number of hydrogen-bond donors (Lipinski definition) is 1. The van der Waals surface area contributed by atoms with Gasteiger partial charge in [0.1, 0.15) is 0 Å². The van der Waals surface area contributed by atoms with E-state index in [1.165, 1.54) is 0 Å². The second-order valence-corrected chi connectivity index (χ2v) is 8.07. The van der Waals surface area contributed by atoms with E-state index in [0.717, 1.165) is 35.4 Å².